The van der Waals surface area contributed by atoms with Gasteiger partial charge in [0.2, 0.25) is 5.91 Å². The number of para-hydroxylation sites is 1. The minimum absolute atomic E-state index is 0.0921. The first-order chi connectivity index (χ1) is 12.1. The normalized spacial score (nSPS) is 15.4. The van der Waals surface area contributed by atoms with Gasteiger partial charge in [-0.1, -0.05) is 32.0 Å². The molecule has 0 radical (unpaired) electrons. The van der Waals surface area contributed by atoms with Crippen LogP contribution in [0.15, 0.2) is 35.3 Å². The van der Waals surface area contributed by atoms with Gasteiger partial charge in [-0.2, -0.15) is 0 Å². The number of hydrogen-bond acceptors (Lipinski definition) is 3. The van der Waals surface area contributed by atoms with Crippen molar-refractivity contribution < 1.29 is 4.79 Å². The second-order valence-electron chi connectivity index (χ2n) is 6.67. The van der Waals surface area contributed by atoms with Gasteiger partial charge >= 0.3 is 0 Å². The summed E-state index contributed by atoms with van der Waals surface area (Å²) in [4.78, 5) is 21.1. The first-order valence-corrected chi connectivity index (χ1v) is 9.20. The summed E-state index contributed by atoms with van der Waals surface area (Å²) in [7, 11) is 0. The zero-order valence-corrected chi connectivity index (χ0v) is 15.7. The maximum absolute atomic E-state index is 12.4. The van der Waals surface area contributed by atoms with Crippen molar-refractivity contribution >= 4 is 17.6 Å². The molecule has 138 valence electrons. The molecule has 1 aromatic rings. The molecule has 1 aromatic carbocycles. The van der Waals surface area contributed by atoms with Crippen LogP contribution in [-0.4, -0.2) is 62.6 Å². The Morgan fingerprint density at radius 3 is 2.40 bits per heavy atom. The maximum Gasteiger partial charge on any atom is 0.244 e. The quantitative estimate of drug-likeness (QED) is 0.607. The molecular formula is C19H31N5O. The molecule has 0 saturated carbocycles. The van der Waals surface area contributed by atoms with E-state index in [9.17, 15) is 4.79 Å². The molecule has 0 unspecified atom stereocenters. The van der Waals surface area contributed by atoms with Crippen LogP contribution in [0.5, 0.6) is 0 Å². The Balaban J connectivity index is 1.81. The predicted octanol–water partition coefficient (Wildman–Crippen LogP) is 1.55. The monoisotopic (exact) mass is 345 g/mol. The first-order valence-electron chi connectivity index (χ1n) is 9.20. The fourth-order valence-electron chi connectivity index (χ4n) is 2.74. The summed E-state index contributed by atoms with van der Waals surface area (Å²) in [5, 5.41) is 6.45. The number of hydrogen-bond donors (Lipinski definition) is 2. The van der Waals surface area contributed by atoms with Gasteiger partial charge < -0.3 is 20.4 Å². The maximum atomic E-state index is 12.4. The Labute approximate surface area is 151 Å². The minimum atomic E-state index is 0.0921. The summed E-state index contributed by atoms with van der Waals surface area (Å²) >= 11 is 0. The van der Waals surface area contributed by atoms with E-state index >= 15 is 0 Å². The van der Waals surface area contributed by atoms with Crippen LogP contribution in [0.25, 0.3) is 0 Å². The highest BCUT2D eigenvalue weighted by molar-refractivity contribution is 5.85. The van der Waals surface area contributed by atoms with Gasteiger partial charge in [0.05, 0.1) is 0 Å². The summed E-state index contributed by atoms with van der Waals surface area (Å²) in [5.41, 5.74) is 1.22. The molecule has 1 aliphatic heterocycles. The largest absolute Gasteiger partial charge is 0.368 e. The van der Waals surface area contributed by atoms with Crippen LogP contribution in [0.1, 0.15) is 20.8 Å². The van der Waals surface area contributed by atoms with Crippen molar-refractivity contribution in [2.45, 2.75) is 20.8 Å². The van der Waals surface area contributed by atoms with Crippen LogP contribution < -0.4 is 15.5 Å². The zero-order chi connectivity index (χ0) is 18.1. The van der Waals surface area contributed by atoms with Gasteiger partial charge in [-0.05, 0) is 25.0 Å². The Morgan fingerprint density at radius 1 is 1.12 bits per heavy atom. The summed E-state index contributed by atoms with van der Waals surface area (Å²) in [6, 6.07) is 10.4. The summed E-state index contributed by atoms with van der Waals surface area (Å²) in [5.74, 6) is 1.34. The molecule has 0 aromatic heterocycles. The minimum Gasteiger partial charge on any atom is -0.368 e. The Morgan fingerprint density at radius 2 is 1.80 bits per heavy atom. The van der Waals surface area contributed by atoms with Crippen molar-refractivity contribution in [3.63, 3.8) is 0 Å². The number of carbonyl (C=O) groups is 1. The molecule has 0 atom stereocenters. The Bertz CT molecular complexity index is 550. The molecule has 6 heteroatoms. The van der Waals surface area contributed by atoms with Crippen molar-refractivity contribution in [2.75, 3.05) is 50.7 Å². The fraction of sp³-hybridized carbons (Fsp3) is 0.579. The number of benzene rings is 1. The number of rotatable bonds is 6. The van der Waals surface area contributed by atoms with Crippen LogP contribution >= 0.6 is 0 Å². The molecule has 2 rings (SSSR count). The van der Waals surface area contributed by atoms with E-state index in [-0.39, 0.29) is 12.5 Å². The van der Waals surface area contributed by atoms with Gasteiger partial charge in [0.25, 0.3) is 0 Å². The molecular weight excluding hydrogens is 314 g/mol. The van der Waals surface area contributed by atoms with E-state index in [0.717, 1.165) is 39.3 Å². The lowest BCUT2D eigenvalue weighted by Gasteiger charge is -2.36. The van der Waals surface area contributed by atoms with Crippen molar-refractivity contribution in [2.24, 2.45) is 10.9 Å². The fourth-order valence-corrected chi connectivity index (χ4v) is 2.74. The highest BCUT2D eigenvalue weighted by atomic mass is 16.2. The molecule has 2 N–H and O–H groups in total. The SMILES string of the molecule is CCNC(=NCC(=O)N1CCN(c2ccccc2)CC1)NCC(C)C. The number of piperazine rings is 1. The van der Waals surface area contributed by atoms with E-state index in [1.54, 1.807) is 0 Å². The molecule has 1 saturated heterocycles. The van der Waals surface area contributed by atoms with Gasteiger partial charge in [0.15, 0.2) is 5.96 Å². The van der Waals surface area contributed by atoms with Crippen molar-refractivity contribution in [3.05, 3.63) is 30.3 Å². The smallest absolute Gasteiger partial charge is 0.244 e. The number of anilines is 1. The van der Waals surface area contributed by atoms with Crippen LogP contribution in [0.3, 0.4) is 0 Å². The third-order valence-electron chi connectivity index (χ3n) is 4.15. The average Bonchev–Trinajstić information content (AvgIpc) is 2.64. The van der Waals surface area contributed by atoms with Crippen LogP contribution in [0.4, 0.5) is 5.69 Å². The Kier molecular flexibility index (Phi) is 7.57. The molecule has 1 fully saturated rings. The topological polar surface area (TPSA) is 60.0 Å². The van der Waals surface area contributed by atoms with Crippen molar-refractivity contribution in [1.82, 2.24) is 15.5 Å². The lowest BCUT2D eigenvalue weighted by atomic mass is 10.2. The lowest BCUT2D eigenvalue weighted by Crippen LogP contribution is -2.49. The van der Waals surface area contributed by atoms with E-state index in [0.29, 0.717) is 11.9 Å². The second kappa shape index (κ2) is 9.91. The summed E-state index contributed by atoms with van der Waals surface area (Å²) in [6.07, 6.45) is 0. The number of guanidine groups is 1. The second-order valence-corrected chi connectivity index (χ2v) is 6.67. The van der Waals surface area contributed by atoms with E-state index in [4.69, 9.17) is 0 Å². The van der Waals surface area contributed by atoms with E-state index in [2.05, 4.69) is 46.5 Å². The van der Waals surface area contributed by atoms with Crippen molar-refractivity contribution in [3.8, 4) is 0 Å². The number of nitrogens with one attached hydrogen (secondary N) is 2. The molecule has 1 heterocycles. The number of aliphatic imine (C=N–C) groups is 1. The Hall–Kier alpha value is -2.24. The standard InChI is InChI=1S/C19H31N5O/c1-4-20-19(21-14-16(2)3)22-15-18(25)24-12-10-23(11-13-24)17-8-6-5-7-9-17/h5-9,16H,4,10-15H2,1-3H3,(H2,20,21,22). The number of nitrogens with zero attached hydrogens (tertiary/aromatic N) is 3. The molecule has 25 heavy (non-hydrogen) atoms. The molecule has 0 bridgehead atoms. The molecule has 6 nitrogen and oxygen atoms in total. The highest BCUT2D eigenvalue weighted by Crippen LogP contribution is 2.15. The third kappa shape index (κ3) is 6.29. The molecule has 0 aliphatic carbocycles. The lowest BCUT2D eigenvalue weighted by molar-refractivity contribution is -0.129. The molecule has 1 aliphatic rings. The van der Waals surface area contributed by atoms with Crippen LogP contribution in [-0.2, 0) is 4.79 Å². The predicted molar refractivity (Wildman–Crippen MR) is 104 cm³/mol. The van der Waals surface area contributed by atoms with Crippen LogP contribution in [0, 0.1) is 5.92 Å². The van der Waals surface area contributed by atoms with Gasteiger partial charge in [-0.25, -0.2) is 4.99 Å². The summed E-state index contributed by atoms with van der Waals surface area (Å²) < 4.78 is 0. The third-order valence-corrected chi connectivity index (χ3v) is 4.15. The highest BCUT2D eigenvalue weighted by Gasteiger charge is 2.20. The van der Waals surface area contributed by atoms with Gasteiger partial charge in [-0.3, -0.25) is 4.79 Å². The summed E-state index contributed by atoms with van der Waals surface area (Å²) in [6.45, 7) is 11.4. The van der Waals surface area contributed by atoms with E-state index in [1.165, 1.54) is 5.69 Å². The van der Waals surface area contributed by atoms with Gasteiger partial charge in [0.1, 0.15) is 6.54 Å². The zero-order valence-electron chi connectivity index (χ0n) is 15.7. The van der Waals surface area contributed by atoms with Crippen LogP contribution in [0.2, 0.25) is 0 Å². The molecule has 0 spiro atoms. The van der Waals surface area contributed by atoms with Gasteiger partial charge in [-0.15, -0.1) is 0 Å². The first kappa shape index (κ1) is 19.1. The van der Waals surface area contributed by atoms with E-state index in [1.807, 2.05) is 30.0 Å². The van der Waals surface area contributed by atoms with Gasteiger partial charge in [0, 0.05) is 45.0 Å². The number of amides is 1. The average molecular weight is 345 g/mol. The molecule has 1 amide bonds. The van der Waals surface area contributed by atoms with Crippen molar-refractivity contribution in [1.29, 1.82) is 0 Å². The number of carbonyl (C=O) groups excluding carboxylic acids is 1. The van der Waals surface area contributed by atoms with E-state index < -0.39 is 0 Å².